The minimum absolute atomic E-state index is 0.395. The molecule has 0 bridgehead atoms. The lowest BCUT2D eigenvalue weighted by Crippen LogP contribution is -2.11. The summed E-state index contributed by atoms with van der Waals surface area (Å²) in [6.45, 7) is 0.978. The van der Waals surface area contributed by atoms with Crippen LogP contribution in [0.1, 0.15) is 21.5 Å². The second kappa shape index (κ2) is 5.20. The van der Waals surface area contributed by atoms with Gasteiger partial charge >= 0.3 is 0 Å². The Labute approximate surface area is 109 Å². The summed E-state index contributed by atoms with van der Waals surface area (Å²) in [4.78, 5) is 11.0. The summed E-state index contributed by atoms with van der Waals surface area (Å²) in [5, 5.41) is 4.66. The van der Waals surface area contributed by atoms with Crippen molar-refractivity contribution in [3.05, 3.63) is 52.3 Å². The Morgan fingerprint density at radius 2 is 2.22 bits per heavy atom. The molecule has 0 radical (unpaired) electrons. The predicted molar refractivity (Wildman–Crippen MR) is 69.2 cm³/mol. The number of carbonyl (C=O) groups is 1. The molecule has 1 aromatic heterocycles. The highest BCUT2D eigenvalue weighted by Crippen LogP contribution is 2.18. The summed E-state index contributed by atoms with van der Waals surface area (Å²) in [6.07, 6.45) is 3.57. The maximum absolute atomic E-state index is 11.0. The molecule has 0 aliphatic heterocycles. The first-order valence-electron chi connectivity index (χ1n) is 5.40. The zero-order valence-corrected chi connectivity index (χ0v) is 10.4. The van der Waals surface area contributed by atoms with E-state index in [0.717, 1.165) is 11.1 Å². The van der Waals surface area contributed by atoms with Crippen molar-refractivity contribution in [3.8, 4) is 0 Å². The number of nitrogens with zero attached hydrogens (tertiary/aromatic N) is 2. The molecule has 2 rings (SSSR count). The van der Waals surface area contributed by atoms with Crippen LogP contribution in [0.25, 0.3) is 0 Å². The van der Waals surface area contributed by atoms with Crippen LogP contribution in [-0.2, 0) is 13.1 Å². The number of benzene rings is 1. The Kier molecular flexibility index (Phi) is 3.64. The molecule has 0 unspecified atom stereocenters. The van der Waals surface area contributed by atoms with Gasteiger partial charge in [0.05, 0.1) is 12.7 Å². The van der Waals surface area contributed by atoms with Gasteiger partial charge in [-0.25, -0.2) is 0 Å². The van der Waals surface area contributed by atoms with E-state index in [1.165, 1.54) is 0 Å². The first-order valence-corrected chi connectivity index (χ1v) is 5.77. The molecule has 0 atom stereocenters. The molecule has 0 aliphatic rings. The third kappa shape index (κ3) is 2.69. The summed E-state index contributed by atoms with van der Waals surface area (Å²) in [5.74, 6) is -0.493. The van der Waals surface area contributed by atoms with Crippen LogP contribution < -0.4 is 11.5 Å². The highest BCUT2D eigenvalue weighted by Gasteiger charge is 2.07. The smallest absolute Gasteiger partial charge is 0.248 e. The Balaban J connectivity index is 2.21. The average molecular weight is 265 g/mol. The zero-order valence-electron chi connectivity index (χ0n) is 9.64. The number of aromatic nitrogens is 2. The molecule has 94 valence electrons. The molecule has 1 heterocycles. The lowest BCUT2D eigenvalue weighted by molar-refractivity contribution is 0.100. The molecule has 5 nitrogen and oxygen atoms in total. The Bertz CT molecular complexity index is 579. The van der Waals surface area contributed by atoms with Crippen LogP contribution in [0.2, 0.25) is 5.02 Å². The van der Waals surface area contributed by atoms with Gasteiger partial charge in [0.2, 0.25) is 5.91 Å². The minimum Gasteiger partial charge on any atom is -0.366 e. The molecule has 0 saturated carbocycles. The zero-order chi connectivity index (χ0) is 13.1. The van der Waals surface area contributed by atoms with Gasteiger partial charge in [0.25, 0.3) is 0 Å². The third-order valence-corrected chi connectivity index (χ3v) is 2.94. The van der Waals surface area contributed by atoms with Crippen molar-refractivity contribution in [2.45, 2.75) is 13.1 Å². The Morgan fingerprint density at radius 1 is 1.44 bits per heavy atom. The number of nitrogens with two attached hydrogens (primary N) is 2. The van der Waals surface area contributed by atoms with E-state index < -0.39 is 5.91 Å². The fourth-order valence-corrected chi connectivity index (χ4v) is 1.84. The van der Waals surface area contributed by atoms with Crippen LogP contribution in [0, 0.1) is 0 Å². The van der Waals surface area contributed by atoms with Crippen LogP contribution in [-0.4, -0.2) is 15.7 Å². The number of hydrogen-bond acceptors (Lipinski definition) is 3. The Hall–Kier alpha value is -1.85. The number of amides is 1. The van der Waals surface area contributed by atoms with E-state index in [4.69, 9.17) is 23.1 Å². The van der Waals surface area contributed by atoms with E-state index in [1.807, 2.05) is 6.20 Å². The molecule has 6 heteroatoms. The van der Waals surface area contributed by atoms with Crippen molar-refractivity contribution < 1.29 is 4.79 Å². The molecule has 1 aromatic carbocycles. The third-order valence-electron chi connectivity index (χ3n) is 2.59. The normalized spacial score (nSPS) is 10.6. The molecular formula is C12H13ClN4O. The van der Waals surface area contributed by atoms with Crippen molar-refractivity contribution >= 4 is 17.5 Å². The topological polar surface area (TPSA) is 86.9 Å². The van der Waals surface area contributed by atoms with Crippen molar-refractivity contribution in [3.63, 3.8) is 0 Å². The van der Waals surface area contributed by atoms with Crippen LogP contribution in [0.3, 0.4) is 0 Å². The van der Waals surface area contributed by atoms with Crippen molar-refractivity contribution in [2.24, 2.45) is 11.5 Å². The molecule has 18 heavy (non-hydrogen) atoms. The second-order valence-electron chi connectivity index (χ2n) is 3.92. The highest BCUT2D eigenvalue weighted by molar-refractivity contribution is 6.31. The number of halogens is 1. The van der Waals surface area contributed by atoms with Crippen molar-refractivity contribution in [1.82, 2.24) is 9.78 Å². The summed E-state index contributed by atoms with van der Waals surface area (Å²) in [5.41, 5.74) is 12.9. The van der Waals surface area contributed by atoms with E-state index in [0.29, 0.717) is 23.7 Å². The largest absolute Gasteiger partial charge is 0.366 e. The van der Waals surface area contributed by atoms with Gasteiger partial charge in [0.15, 0.2) is 0 Å². The van der Waals surface area contributed by atoms with Crippen LogP contribution in [0.5, 0.6) is 0 Å². The molecule has 2 aromatic rings. The van der Waals surface area contributed by atoms with Crippen LogP contribution in [0.4, 0.5) is 0 Å². The Morgan fingerprint density at radius 3 is 2.78 bits per heavy atom. The van der Waals surface area contributed by atoms with Crippen LogP contribution >= 0.6 is 11.6 Å². The van der Waals surface area contributed by atoms with Gasteiger partial charge in [-0.2, -0.15) is 5.10 Å². The lowest BCUT2D eigenvalue weighted by atomic mass is 10.1. The van der Waals surface area contributed by atoms with Gasteiger partial charge in [0, 0.05) is 28.9 Å². The molecule has 4 N–H and O–H groups in total. The van der Waals surface area contributed by atoms with E-state index in [1.54, 1.807) is 29.1 Å². The number of carbonyl (C=O) groups excluding carboxylic acids is 1. The fourth-order valence-electron chi connectivity index (χ4n) is 1.60. The van der Waals surface area contributed by atoms with Crippen LogP contribution in [0.15, 0.2) is 30.6 Å². The monoisotopic (exact) mass is 264 g/mol. The van der Waals surface area contributed by atoms with E-state index >= 15 is 0 Å². The molecular weight excluding hydrogens is 252 g/mol. The SMILES string of the molecule is NCc1cnn(Cc2ccc(C(N)=O)cc2Cl)c1. The highest BCUT2D eigenvalue weighted by atomic mass is 35.5. The van der Waals surface area contributed by atoms with Gasteiger partial charge < -0.3 is 11.5 Å². The molecule has 0 fully saturated rings. The van der Waals surface area contributed by atoms with Crippen molar-refractivity contribution in [2.75, 3.05) is 0 Å². The van der Waals surface area contributed by atoms with Gasteiger partial charge in [-0.1, -0.05) is 17.7 Å². The summed E-state index contributed by atoms with van der Waals surface area (Å²) in [7, 11) is 0. The minimum atomic E-state index is -0.493. The molecule has 1 amide bonds. The second-order valence-corrected chi connectivity index (χ2v) is 4.33. The molecule has 0 saturated heterocycles. The summed E-state index contributed by atoms with van der Waals surface area (Å²) < 4.78 is 1.74. The summed E-state index contributed by atoms with van der Waals surface area (Å²) in [6, 6.07) is 4.98. The number of primary amides is 1. The summed E-state index contributed by atoms with van der Waals surface area (Å²) >= 11 is 6.09. The number of hydrogen-bond donors (Lipinski definition) is 2. The van der Waals surface area contributed by atoms with Gasteiger partial charge in [-0.3, -0.25) is 9.48 Å². The van der Waals surface area contributed by atoms with E-state index in [-0.39, 0.29) is 0 Å². The van der Waals surface area contributed by atoms with E-state index in [9.17, 15) is 4.79 Å². The maximum Gasteiger partial charge on any atom is 0.248 e. The first-order chi connectivity index (χ1) is 8.60. The first kappa shape index (κ1) is 12.6. The fraction of sp³-hybridized carbons (Fsp3) is 0.167. The predicted octanol–water partition coefficient (Wildman–Crippen LogP) is 1.14. The van der Waals surface area contributed by atoms with Crippen molar-refractivity contribution in [1.29, 1.82) is 0 Å². The lowest BCUT2D eigenvalue weighted by Gasteiger charge is -2.06. The van der Waals surface area contributed by atoms with Gasteiger partial charge in [-0.15, -0.1) is 0 Å². The molecule has 0 aliphatic carbocycles. The van der Waals surface area contributed by atoms with Gasteiger partial charge in [-0.05, 0) is 17.7 Å². The number of rotatable bonds is 4. The van der Waals surface area contributed by atoms with Gasteiger partial charge in [0.1, 0.15) is 0 Å². The maximum atomic E-state index is 11.0. The quantitative estimate of drug-likeness (QED) is 0.868. The van der Waals surface area contributed by atoms with E-state index in [2.05, 4.69) is 5.10 Å². The molecule has 0 spiro atoms. The standard InChI is InChI=1S/C12H13ClN4O/c13-11-3-9(12(15)18)1-2-10(11)7-17-6-8(4-14)5-16-17/h1-3,5-6H,4,7,14H2,(H2,15,18). The average Bonchev–Trinajstić information content (AvgIpc) is 2.79.